The minimum absolute atomic E-state index is 0.162. The van der Waals surface area contributed by atoms with Gasteiger partial charge in [-0.3, -0.25) is 4.79 Å². The van der Waals surface area contributed by atoms with E-state index in [2.05, 4.69) is 5.32 Å². The maximum atomic E-state index is 11.1. The fraction of sp³-hybridized carbons (Fsp3) is 0.111. The fourth-order valence-corrected chi connectivity index (χ4v) is 1.47. The summed E-state index contributed by atoms with van der Waals surface area (Å²) in [6.45, 7) is 0. The molecular weight excluding hydrogens is 258 g/mol. The summed E-state index contributed by atoms with van der Waals surface area (Å²) in [4.78, 5) is 11.1. The standard InChI is InChI=1S/C9H5Cl3N2O/c10-5-1-2-6(9(12)8(5)11)14-7(15)3-4-13/h1-2H,3H2,(H,14,15). The van der Waals surface area contributed by atoms with Crippen molar-refractivity contribution in [1.29, 1.82) is 5.26 Å². The van der Waals surface area contributed by atoms with Crippen molar-refractivity contribution >= 4 is 46.4 Å². The first-order valence-corrected chi connectivity index (χ1v) is 5.00. The third kappa shape index (κ3) is 3.00. The highest BCUT2D eigenvalue weighted by Gasteiger charge is 2.10. The second kappa shape index (κ2) is 5.22. The number of hydrogen-bond acceptors (Lipinski definition) is 2. The molecule has 0 radical (unpaired) electrons. The Bertz CT molecular complexity index is 440. The van der Waals surface area contributed by atoms with Crippen LogP contribution in [-0.2, 0) is 4.79 Å². The smallest absolute Gasteiger partial charge is 0.238 e. The fourth-order valence-electron chi connectivity index (χ4n) is 0.889. The van der Waals surface area contributed by atoms with Crippen LogP contribution in [0.15, 0.2) is 12.1 Å². The molecule has 0 aliphatic rings. The Balaban J connectivity index is 2.93. The molecule has 0 spiro atoms. The summed E-state index contributed by atoms with van der Waals surface area (Å²) in [5, 5.41) is 11.4. The van der Waals surface area contributed by atoms with E-state index in [0.29, 0.717) is 10.7 Å². The van der Waals surface area contributed by atoms with E-state index in [1.54, 1.807) is 6.07 Å². The van der Waals surface area contributed by atoms with Gasteiger partial charge in [-0.25, -0.2) is 0 Å². The van der Waals surface area contributed by atoms with Gasteiger partial charge >= 0.3 is 0 Å². The van der Waals surface area contributed by atoms with Crippen molar-refractivity contribution in [3.8, 4) is 6.07 Å². The van der Waals surface area contributed by atoms with E-state index in [-0.39, 0.29) is 16.5 Å². The molecule has 0 aliphatic carbocycles. The number of halogens is 3. The summed E-state index contributed by atoms with van der Waals surface area (Å²) in [6.07, 6.45) is -0.240. The molecule has 0 saturated carbocycles. The molecule has 0 saturated heterocycles. The Morgan fingerprint density at radius 1 is 1.33 bits per heavy atom. The molecule has 1 amide bonds. The lowest BCUT2D eigenvalue weighted by molar-refractivity contribution is -0.115. The van der Waals surface area contributed by atoms with Gasteiger partial charge in [0.15, 0.2) is 0 Å². The largest absolute Gasteiger partial charge is 0.324 e. The van der Waals surface area contributed by atoms with E-state index >= 15 is 0 Å². The van der Waals surface area contributed by atoms with Gasteiger partial charge in [0.1, 0.15) is 6.42 Å². The summed E-state index contributed by atoms with van der Waals surface area (Å²) in [5.41, 5.74) is 0.339. The highest BCUT2D eigenvalue weighted by Crippen LogP contribution is 2.35. The van der Waals surface area contributed by atoms with Crippen molar-refractivity contribution in [2.75, 3.05) is 5.32 Å². The molecule has 0 unspecified atom stereocenters. The van der Waals surface area contributed by atoms with E-state index in [4.69, 9.17) is 40.1 Å². The van der Waals surface area contributed by atoms with Crippen molar-refractivity contribution in [1.82, 2.24) is 0 Å². The number of nitrogens with one attached hydrogen (secondary N) is 1. The van der Waals surface area contributed by atoms with Crippen LogP contribution in [0, 0.1) is 11.3 Å². The van der Waals surface area contributed by atoms with Gasteiger partial charge in [0, 0.05) is 0 Å². The molecule has 0 aliphatic heterocycles. The van der Waals surface area contributed by atoms with Crippen LogP contribution in [0.3, 0.4) is 0 Å². The Morgan fingerprint density at radius 2 is 2.00 bits per heavy atom. The normalized spacial score (nSPS) is 9.47. The number of nitrogens with zero attached hydrogens (tertiary/aromatic N) is 1. The molecule has 0 heterocycles. The molecule has 0 aromatic heterocycles. The van der Waals surface area contributed by atoms with Crippen molar-refractivity contribution in [3.63, 3.8) is 0 Å². The quantitative estimate of drug-likeness (QED) is 0.830. The van der Waals surface area contributed by atoms with Crippen LogP contribution in [0.25, 0.3) is 0 Å². The van der Waals surface area contributed by atoms with Crippen LogP contribution >= 0.6 is 34.8 Å². The van der Waals surface area contributed by atoms with Crippen LogP contribution in [0.1, 0.15) is 6.42 Å². The first-order valence-electron chi connectivity index (χ1n) is 3.86. The second-order valence-corrected chi connectivity index (χ2v) is 3.77. The van der Waals surface area contributed by atoms with Crippen LogP contribution in [0.4, 0.5) is 5.69 Å². The van der Waals surface area contributed by atoms with E-state index < -0.39 is 5.91 Å². The third-order valence-corrected chi connectivity index (χ3v) is 2.84. The predicted octanol–water partition coefficient (Wildman–Crippen LogP) is 3.50. The topological polar surface area (TPSA) is 52.9 Å². The maximum Gasteiger partial charge on any atom is 0.238 e. The highest BCUT2D eigenvalue weighted by atomic mass is 35.5. The lowest BCUT2D eigenvalue weighted by Crippen LogP contribution is -2.10. The van der Waals surface area contributed by atoms with Crippen molar-refractivity contribution in [2.45, 2.75) is 6.42 Å². The molecular formula is C9H5Cl3N2O. The predicted molar refractivity (Wildman–Crippen MR) is 60.3 cm³/mol. The zero-order valence-corrected chi connectivity index (χ0v) is 9.62. The molecule has 0 fully saturated rings. The van der Waals surface area contributed by atoms with E-state index in [9.17, 15) is 4.79 Å². The van der Waals surface area contributed by atoms with E-state index in [1.165, 1.54) is 12.1 Å². The number of carbonyl (C=O) groups is 1. The van der Waals surface area contributed by atoms with Gasteiger partial charge in [0.25, 0.3) is 0 Å². The second-order valence-electron chi connectivity index (χ2n) is 2.61. The van der Waals surface area contributed by atoms with Gasteiger partial charge in [-0.2, -0.15) is 5.26 Å². The third-order valence-electron chi connectivity index (χ3n) is 1.55. The molecule has 1 aromatic rings. The monoisotopic (exact) mass is 262 g/mol. The minimum atomic E-state index is -0.446. The van der Waals surface area contributed by atoms with Crippen LogP contribution in [0.5, 0.6) is 0 Å². The number of amides is 1. The van der Waals surface area contributed by atoms with Gasteiger partial charge in [-0.05, 0) is 12.1 Å². The number of nitriles is 1. The number of anilines is 1. The first kappa shape index (κ1) is 12.1. The molecule has 1 rings (SSSR count). The highest BCUT2D eigenvalue weighted by molar-refractivity contribution is 6.49. The van der Waals surface area contributed by atoms with Crippen molar-refractivity contribution in [3.05, 3.63) is 27.2 Å². The Hall–Kier alpha value is -0.950. The van der Waals surface area contributed by atoms with Gasteiger partial charge in [0.2, 0.25) is 5.91 Å². The summed E-state index contributed by atoms with van der Waals surface area (Å²) in [6, 6.07) is 4.75. The Morgan fingerprint density at radius 3 is 2.60 bits per heavy atom. The van der Waals surface area contributed by atoms with Crippen LogP contribution in [0.2, 0.25) is 15.1 Å². The van der Waals surface area contributed by atoms with Gasteiger partial charge in [-0.1, -0.05) is 34.8 Å². The first-order chi connectivity index (χ1) is 7.06. The van der Waals surface area contributed by atoms with Crippen molar-refractivity contribution in [2.24, 2.45) is 0 Å². The molecule has 3 nitrogen and oxygen atoms in total. The number of hydrogen-bond donors (Lipinski definition) is 1. The number of benzene rings is 1. The molecule has 1 aromatic carbocycles. The number of carbonyl (C=O) groups excluding carboxylic acids is 1. The van der Waals surface area contributed by atoms with E-state index in [1.807, 2.05) is 0 Å². The molecule has 6 heteroatoms. The summed E-state index contributed by atoms with van der Waals surface area (Å²) >= 11 is 17.3. The SMILES string of the molecule is N#CCC(=O)Nc1ccc(Cl)c(Cl)c1Cl. The van der Waals surface area contributed by atoms with Gasteiger partial charge in [0.05, 0.1) is 26.8 Å². The maximum absolute atomic E-state index is 11.1. The lowest BCUT2D eigenvalue weighted by atomic mass is 10.3. The summed E-state index contributed by atoms with van der Waals surface area (Å²) in [5.74, 6) is -0.446. The minimum Gasteiger partial charge on any atom is -0.324 e. The molecule has 1 N–H and O–H groups in total. The zero-order valence-electron chi connectivity index (χ0n) is 7.35. The molecule has 0 bridgehead atoms. The zero-order chi connectivity index (χ0) is 11.4. The van der Waals surface area contributed by atoms with Crippen LogP contribution < -0.4 is 5.32 Å². The Kier molecular flexibility index (Phi) is 4.22. The van der Waals surface area contributed by atoms with Gasteiger partial charge < -0.3 is 5.32 Å². The lowest BCUT2D eigenvalue weighted by Gasteiger charge is -2.07. The van der Waals surface area contributed by atoms with Crippen molar-refractivity contribution < 1.29 is 4.79 Å². The molecule has 78 valence electrons. The van der Waals surface area contributed by atoms with Crippen LogP contribution in [-0.4, -0.2) is 5.91 Å². The summed E-state index contributed by atoms with van der Waals surface area (Å²) in [7, 11) is 0. The molecule has 15 heavy (non-hydrogen) atoms. The Labute approximate surface area is 102 Å². The average molecular weight is 264 g/mol. The number of rotatable bonds is 2. The summed E-state index contributed by atoms with van der Waals surface area (Å²) < 4.78 is 0. The van der Waals surface area contributed by atoms with Gasteiger partial charge in [-0.15, -0.1) is 0 Å². The molecule has 0 atom stereocenters. The average Bonchev–Trinajstić information content (AvgIpc) is 2.20. The van der Waals surface area contributed by atoms with E-state index in [0.717, 1.165) is 0 Å².